The van der Waals surface area contributed by atoms with Crippen LogP contribution in [0, 0.1) is 0 Å². The minimum Gasteiger partial charge on any atom is -0.486 e. The Morgan fingerprint density at radius 1 is 0.921 bits per heavy atom. The van der Waals surface area contributed by atoms with Gasteiger partial charge in [-0.15, -0.1) is 11.3 Å². The number of carbonyl (C=O) groups excluding carboxylic acids is 2. The van der Waals surface area contributed by atoms with E-state index >= 15 is 0 Å². The molecule has 0 bridgehead atoms. The summed E-state index contributed by atoms with van der Waals surface area (Å²) in [5, 5.41) is 10.9. The van der Waals surface area contributed by atoms with E-state index in [4.69, 9.17) is 4.74 Å². The molecule has 2 unspecified atom stereocenters. The van der Waals surface area contributed by atoms with Gasteiger partial charge in [0, 0.05) is 23.0 Å². The Kier molecular flexibility index (Phi) is 8.03. The van der Waals surface area contributed by atoms with Gasteiger partial charge in [-0.2, -0.15) is 0 Å². The van der Waals surface area contributed by atoms with Crippen LogP contribution >= 0.6 is 11.3 Å². The lowest BCUT2D eigenvalue weighted by atomic mass is 9.90. The van der Waals surface area contributed by atoms with E-state index in [1.165, 1.54) is 16.9 Å². The van der Waals surface area contributed by atoms with Crippen LogP contribution < -0.4 is 15.4 Å². The van der Waals surface area contributed by atoms with Crippen LogP contribution in [-0.2, 0) is 6.61 Å². The number of aromatic nitrogens is 1. The summed E-state index contributed by atoms with van der Waals surface area (Å²) in [6.07, 6.45) is 3.68. The standard InChI is InChI=1S/C31H33N3O3S/c1-20(2)21-13-15-25(16-14-21)37-18-29-32-28(19-38-29)31(36)34-27-10-6-5-9-26(27)33-30(35)24-12-11-22-7-3-4-8-23(22)17-24/h3-4,7-8,11-17,19-20,26-27H,5-6,9-10,18H2,1-2H3,(H,33,35)(H,34,36). The van der Waals surface area contributed by atoms with E-state index in [2.05, 4.69) is 41.6 Å². The summed E-state index contributed by atoms with van der Waals surface area (Å²) in [5.74, 6) is 0.921. The summed E-state index contributed by atoms with van der Waals surface area (Å²) in [6, 6.07) is 21.5. The summed E-state index contributed by atoms with van der Waals surface area (Å²) in [7, 11) is 0. The molecule has 3 aromatic carbocycles. The fourth-order valence-electron chi connectivity index (χ4n) is 4.88. The lowest BCUT2D eigenvalue weighted by Crippen LogP contribution is -2.53. The largest absolute Gasteiger partial charge is 0.486 e. The Hall–Kier alpha value is -3.71. The van der Waals surface area contributed by atoms with Crippen LogP contribution in [0.2, 0.25) is 0 Å². The quantitative estimate of drug-likeness (QED) is 0.275. The molecule has 1 saturated carbocycles. The Morgan fingerprint density at radius 3 is 2.32 bits per heavy atom. The molecule has 1 heterocycles. The molecule has 0 radical (unpaired) electrons. The van der Waals surface area contributed by atoms with Crippen molar-refractivity contribution in [3.8, 4) is 5.75 Å². The lowest BCUT2D eigenvalue weighted by molar-refractivity contribution is 0.0860. The highest BCUT2D eigenvalue weighted by Crippen LogP contribution is 2.23. The number of ether oxygens (including phenoxy) is 1. The summed E-state index contributed by atoms with van der Waals surface area (Å²) in [6.45, 7) is 4.63. The number of carbonyl (C=O) groups is 2. The number of nitrogens with zero attached hydrogens (tertiary/aromatic N) is 1. The van der Waals surface area contributed by atoms with E-state index in [1.807, 2.05) is 54.6 Å². The second-order valence-corrected chi connectivity index (χ2v) is 11.1. The van der Waals surface area contributed by atoms with E-state index in [1.54, 1.807) is 5.38 Å². The fourth-order valence-corrected chi connectivity index (χ4v) is 5.56. The topological polar surface area (TPSA) is 80.3 Å². The van der Waals surface area contributed by atoms with Gasteiger partial charge in [-0.1, -0.05) is 69.2 Å². The van der Waals surface area contributed by atoms with Gasteiger partial charge >= 0.3 is 0 Å². The maximum atomic E-state index is 13.1. The third-order valence-electron chi connectivity index (χ3n) is 7.10. The van der Waals surface area contributed by atoms with Crippen molar-refractivity contribution in [2.24, 2.45) is 0 Å². The van der Waals surface area contributed by atoms with Crippen molar-refractivity contribution in [1.29, 1.82) is 0 Å². The molecular weight excluding hydrogens is 494 g/mol. The lowest BCUT2D eigenvalue weighted by Gasteiger charge is -2.32. The third-order valence-corrected chi connectivity index (χ3v) is 7.93. The molecule has 7 heteroatoms. The minimum absolute atomic E-state index is 0.114. The van der Waals surface area contributed by atoms with Crippen molar-refractivity contribution in [1.82, 2.24) is 15.6 Å². The molecule has 4 aromatic rings. The molecule has 1 aromatic heterocycles. The Labute approximate surface area is 227 Å². The number of benzene rings is 3. The summed E-state index contributed by atoms with van der Waals surface area (Å²) in [4.78, 5) is 30.6. The van der Waals surface area contributed by atoms with Crippen LogP contribution in [0.25, 0.3) is 10.8 Å². The highest BCUT2D eigenvalue weighted by molar-refractivity contribution is 7.09. The number of amides is 2. The smallest absolute Gasteiger partial charge is 0.271 e. The van der Waals surface area contributed by atoms with Crippen LogP contribution in [0.1, 0.15) is 76.9 Å². The van der Waals surface area contributed by atoms with E-state index in [-0.39, 0.29) is 23.9 Å². The molecule has 0 aliphatic heterocycles. The molecule has 1 aliphatic carbocycles. The molecule has 1 fully saturated rings. The fraction of sp³-hybridized carbons (Fsp3) is 0.323. The van der Waals surface area contributed by atoms with E-state index < -0.39 is 0 Å². The van der Waals surface area contributed by atoms with Gasteiger partial charge < -0.3 is 15.4 Å². The maximum Gasteiger partial charge on any atom is 0.271 e. The van der Waals surface area contributed by atoms with Gasteiger partial charge in [0.05, 0.1) is 0 Å². The van der Waals surface area contributed by atoms with Crippen molar-refractivity contribution in [3.63, 3.8) is 0 Å². The highest BCUT2D eigenvalue weighted by atomic mass is 32.1. The Morgan fingerprint density at radius 2 is 1.61 bits per heavy atom. The molecule has 196 valence electrons. The van der Waals surface area contributed by atoms with Crippen molar-refractivity contribution < 1.29 is 14.3 Å². The van der Waals surface area contributed by atoms with Crippen LogP contribution in [0.4, 0.5) is 0 Å². The number of rotatable bonds is 8. The molecule has 5 rings (SSSR count). The zero-order valence-corrected chi connectivity index (χ0v) is 22.6. The molecule has 38 heavy (non-hydrogen) atoms. The molecule has 2 amide bonds. The first kappa shape index (κ1) is 25.9. The predicted molar refractivity (Wildman–Crippen MR) is 152 cm³/mol. The van der Waals surface area contributed by atoms with Gasteiger partial charge in [-0.05, 0) is 59.4 Å². The van der Waals surface area contributed by atoms with Gasteiger partial charge in [-0.3, -0.25) is 9.59 Å². The van der Waals surface area contributed by atoms with E-state index in [0.29, 0.717) is 23.8 Å². The first-order valence-corrected chi connectivity index (χ1v) is 14.1. The molecule has 2 N–H and O–H groups in total. The van der Waals surface area contributed by atoms with E-state index in [0.717, 1.165) is 47.2 Å². The Balaban J connectivity index is 1.18. The van der Waals surface area contributed by atoms with Crippen LogP contribution in [-0.4, -0.2) is 28.9 Å². The minimum atomic E-state index is -0.217. The van der Waals surface area contributed by atoms with Gasteiger partial charge in [-0.25, -0.2) is 4.98 Å². The number of nitrogens with one attached hydrogen (secondary N) is 2. The zero-order chi connectivity index (χ0) is 26.5. The second kappa shape index (κ2) is 11.8. The molecule has 0 saturated heterocycles. The monoisotopic (exact) mass is 527 g/mol. The number of hydrogen-bond donors (Lipinski definition) is 2. The Bertz CT molecular complexity index is 1410. The third kappa shape index (κ3) is 6.22. The van der Waals surface area contributed by atoms with E-state index in [9.17, 15) is 9.59 Å². The molecule has 0 spiro atoms. The van der Waals surface area contributed by atoms with Crippen LogP contribution in [0.3, 0.4) is 0 Å². The molecule has 6 nitrogen and oxygen atoms in total. The van der Waals surface area contributed by atoms with Gasteiger partial charge in [0.2, 0.25) is 0 Å². The SMILES string of the molecule is CC(C)c1ccc(OCc2nc(C(=O)NC3CCCCC3NC(=O)c3ccc4ccccc4c3)cs2)cc1. The number of fused-ring (bicyclic) bond motifs is 1. The van der Waals surface area contributed by atoms with Gasteiger partial charge in [0.15, 0.2) is 0 Å². The predicted octanol–water partition coefficient (Wildman–Crippen LogP) is 6.47. The number of thiazole rings is 1. The van der Waals surface area contributed by atoms with Crippen molar-refractivity contribution >= 4 is 33.9 Å². The van der Waals surface area contributed by atoms with Crippen molar-refractivity contribution in [2.75, 3.05) is 0 Å². The molecular formula is C31H33N3O3S. The molecule has 1 aliphatic rings. The maximum absolute atomic E-state index is 13.1. The number of hydrogen-bond acceptors (Lipinski definition) is 5. The van der Waals surface area contributed by atoms with Gasteiger partial charge in [0.25, 0.3) is 11.8 Å². The summed E-state index contributed by atoms with van der Waals surface area (Å²) < 4.78 is 5.87. The van der Waals surface area contributed by atoms with Gasteiger partial charge in [0.1, 0.15) is 23.1 Å². The summed E-state index contributed by atoms with van der Waals surface area (Å²) >= 11 is 1.41. The average molecular weight is 528 g/mol. The normalized spacial score (nSPS) is 17.3. The highest BCUT2D eigenvalue weighted by Gasteiger charge is 2.29. The zero-order valence-electron chi connectivity index (χ0n) is 21.8. The van der Waals surface area contributed by atoms with Crippen LogP contribution in [0.15, 0.2) is 72.1 Å². The average Bonchev–Trinajstić information content (AvgIpc) is 3.42. The second-order valence-electron chi connectivity index (χ2n) is 10.1. The van der Waals surface area contributed by atoms with Crippen LogP contribution in [0.5, 0.6) is 5.75 Å². The first-order valence-electron chi connectivity index (χ1n) is 13.2. The molecule has 2 atom stereocenters. The van der Waals surface area contributed by atoms with Crippen molar-refractivity contribution in [2.45, 2.75) is 64.1 Å². The summed E-state index contributed by atoms with van der Waals surface area (Å²) in [5.41, 5.74) is 2.27. The first-order chi connectivity index (χ1) is 18.5. The van der Waals surface area contributed by atoms with Crippen molar-refractivity contribution in [3.05, 3.63) is 93.9 Å².